The van der Waals surface area contributed by atoms with E-state index in [1.165, 1.54) is 5.56 Å². The smallest absolute Gasteiger partial charge is 0.144 e. The lowest BCUT2D eigenvalue weighted by Crippen LogP contribution is -2.24. The molecule has 5 heteroatoms. The number of aromatic nitrogens is 1. The van der Waals surface area contributed by atoms with Crippen LogP contribution in [0.3, 0.4) is 0 Å². The average molecular weight is 339 g/mol. The third-order valence-corrected chi connectivity index (χ3v) is 5.33. The van der Waals surface area contributed by atoms with E-state index in [9.17, 15) is 0 Å². The van der Waals surface area contributed by atoms with E-state index in [-0.39, 0.29) is 6.10 Å². The highest BCUT2D eigenvalue weighted by atomic mass is 32.1. The third kappa shape index (κ3) is 3.23. The number of hydrogen-bond acceptors (Lipinski definition) is 5. The van der Waals surface area contributed by atoms with Crippen LogP contribution in [0.1, 0.15) is 17.0 Å². The van der Waals surface area contributed by atoms with Crippen molar-refractivity contribution in [3.05, 3.63) is 53.0 Å². The molecule has 3 aromatic rings. The van der Waals surface area contributed by atoms with E-state index in [0.717, 1.165) is 47.0 Å². The van der Waals surface area contributed by atoms with Gasteiger partial charge in [-0.05, 0) is 25.0 Å². The van der Waals surface area contributed by atoms with Crippen LogP contribution in [0.15, 0.2) is 42.5 Å². The van der Waals surface area contributed by atoms with Gasteiger partial charge in [-0.2, -0.15) is 0 Å². The molecule has 2 N–H and O–H groups in total. The highest BCUT2D eigenvalue weighted by Gasteiger charge is 2.24. The maximum Gasteiger partial charge on any atom is 0.144 e. The van der Waals surface area contributed by atoms with Gasteiger partial charge in [-0.15, -0.1) is 11.3 Å². The molecule has 1 atom stereocenters. The summed E-state index contributed by atoms with van der Waals surface area (Å²) in [6.07, 6.45) is 1.22. The molecule has 2 aromatic carbocycles. The van der Waals surface area contributed by atoms with Gasteiger partial charge < -0.3 is 10.5 Å². The molecule has 1 fully saturated rings. The van der Waals surface area contributed by atoms with Crippen molar-refractivity contribution in [1.82, 2.24) is 9.88 Å². The number of fused-ring (bicyclic) bond motifs is 1. The number of aryl methyl sites for hydroxylation is 1. The van der Waals surface area contributed by atoms with E-state index in [4.69, 9.17) is 10.5 Å². The molecular formula is C19H21N3OS. The van der Waals surface area contributed by atoms with Crippen molar-refractivity contribution in [2.24, 2.45) is 0 Å². The fourth-order valence-corrected chi connectivity index (χ4v) is 4.10. The van der Waals surface area contributed by atoms with Gasteiger partial charge in [0, 0.05) is 25.7 Å². The molecule has 1 saturated heterocycles. The molecule has 1 aliphatic heterocycles. The molecule has 2 heterocycles. The Balaban J connectivity index is 1.43. The Morgan fingerprint density at radius 2 is 2.12 bits per heavy atom. The van der Waals surface area contributed by atoms with Crippen LogP contribution >= 0.6 is 11.3 Å². The number of nitrogen functional groups attached to an aromatic ring is 1. The zero-order valence-corrected chi connectivity index (χ0v) is 14.6. The SMILES string of the molecule is Cc1nc2cc(OC3CCN(Cc4ccccc4)C3)c(N)cc2s1. The second-order valence-corrected chi connectivity index (χ2v) is 7.57. The van der Waals surface area contributed by atoms with Gasteiger partial charge >= 0.3 is 0 Å². The first-order valence-corrected chi connectivity index (χ1v) is 9.08. The van der Waals surface area contributed by atoms with Gasteiger partial charge in [0.25, 0.3) is 0 Å². The predicted molar refractivity (Wildman–Crippen MR) is 99.5 cm³/mol. The fourth-order valence-electron chi connectivity index (χ4n) is 3.25. The summed E-state index contributed by atoms with van der Waals surface area (Å²) in [4.78, 5) is 6.97. The summed E-state index contributed by atoms with van der Waals surface area (Å²) in [5.41, 5.74) is 9.19. The van der Waals surface area contributed by atoms with E-state index in [2.05, 4.69) is 40.2 Å². The van der Waals surface area contributed by atoms with Crippen LogP contribution in [0.5, 0.6) is 5.75 Å². The van der Waals surface area contributed by atoms with Crippen molar-refractivity contribution in [3.8, 4) is 5.75 Å². The average Bonchev–Trinajstić information content (AvgIpc) is 3.14. The van der Waals surface area contributed by atoms with Crippen molar-refractivity contribution < 1.29 is 4.74 Å². The van der Waals surface area contributed by atoms with Gasteiger partial charge in [-0.3, -0.25) is 4.90 Å². The number of nitrogens with zero attached hydrogens (tertiary/aromatic N) is 2. The Morgan fingerprint density at radius 1 is 1.29 bits per heavy atom. The molecule has 4 rings (SSSR count). The zero-order chi connectivity index (χ0) is 16.5. The lowest BCUT2D eigenvalue weighted by atomic mass is 10.2. The molecule has 0 aliphatic carbocycles. The number of hydrogen-bond donors (Lipinski definition) is 1. The summed E-state index contributed by atoms with van der Waals surface area (Å²) in [6.45, 7) is 4.97. The standard InChI is InChI=1S/C19H21N3OS/c1-13-21-17-10-18(16(20)9-19(17)24-13)23-15-7-8-22(12-15)11-14-5-3-2-4-6-14/h2-6,9-10,15H,7-8,11-12,20H2,1H3. The molecule has 1 unspecified atom stereocenters. The first-order chi connectivity index (χ1) is 11.7. The van der Waals surface area contributed by atoms with E-state index in [1.807, 2.05) is 19.1 Å². The van der Waals surface area contributed by atoms with E-state index in [0.29, 0.717) is 5.69 Å². The quantitative estimate of drug-likeness (QED) is 0.734. The number of rotatable bonds is 4. The van der Waals surface area contributed by atoms with Crippen LogP contribution in [0.2, 0.25) is 0 Å². The molecule has 24 heavy (non-hydrogen) atoms. The molecule has 4 nitrogen and oxygen atoms in total. The topological polar surface area (TPSA) is 51.4 Å². The highest BCUT2D eigenvalue weighted by molar-refractivity contribution is 7.18. The number of nitrogens with two attached hydrogens (primary N) is 1. The Morgan fingerprint density at radius 3 is 2.96 bits per heavy atom. The summed E-state index contributed by atoms with van der Waals surface area (Å²) in [5, 5.41) is 1.05. The normalized spacial score (nSPS) is 18.3. The van der Waals surface area contributed by atoms with Crippen LogP contribution in [0.25, 0.3) is 10.2 Å². The summed E-state index contributed by atoms with van der Waals surface area (Å²) >= 11 is 1.66. The van der Waals surface area contributed by atoms with Crippen LogP contribution in [0.4, 0.5) is 5.69 Å². The molecule has 124 valence electrons. The van der Waals surface area contributed by atoms with Crippen molar-refractivity contribution in [1.29, 1.82) is 0 Å². The van der Waals surface area contributed by atoms with E-state index < -0.39 is 0 Å². The summed E-state index contributed by atoms with van der Waals surface area (Å²) in [5.74, 6) is 0.763. The summed E-state index contributed by atoms with van der Waals surface area (Å²) < 4.78 is 7.31. The maximum absolute atomic E-state index is 6.19. The zero-order valence-electron chi connectivity index (χ0n) is 13.7. The van der Waals surface area contributed by atoms with E-state index in [1.54, 1.807) is 11.3 Å². The monoisotopic (exact) mass is 339 g/mol. The van der Waals surface area contributed by atoms with Gasteiger partial charge in [-0.1, -0.05) is 30.3 Å². The van der Waals surface area contributed by atoms with Crippen LogP contribution in [0, 0.1) is 6.92 Å². The lowest BCUT2D eigenvalue weighted by Gasteiger charge is -2.17. The third-order valence-electron chi connectivity index (χ3n) is 4.40. The Labute approximate surface area is 145 Å². The molecule has 0 amide bonds. The van der Waals surface area contributed by atoms with Gasteiger partial charge in [0.15, 0.2) is 0 Å². The van der Waals surface area contributed by atoms with Gasteiger partial charge in [-0.25, -0.2) is 4.98 Å². The Hall–Kier alpha value is -2.11. The number of thiazole rings is 1. The number of anilines is 1. The van der Waals surface area contributed by atoms with Crippen molar-refractivity contribution in [2.75, 3.05) is 18.8 Å². The van der Waals surface area contributed by atoms with Gasteiger partial charge in [0.1, 0.15) is 11.9 Å². The number of likely N-dealkylation sites (tertiary alicyclic amines) is 1. The highest BCUT2D eigenvalue weighted by Crippen LogP contribution is 2.32. The molecular weight excluding hydrogens is 318 g/mol. The molecule has 1 aliphatic rings. The molecule has 0 radical (unpaired) electrons. The maximum atomic E-state index is 6.19. The molecule has 0 bridgehead atoms. The minimum Gasteiger partial charge on any atom is -0.487 e. The van der Waals surface area contributed by atoms with Crippen molar-refractivity contribution in [3.63, 3.8) is 0 Å². The minimum absolute atomic E-state index is 0.188. The lowest BCUT2D eigenvalue weighted by molar-refractivity contribution is 0.199. The first kappa shape index (κ1) is 15.4. The van der Waals surface area contributed by atoms with Gasteiger partial charge in [0.05, 0.1) is 20.9 Å². The molecule has 0 saturated carbocycles. The largest absolute Gasteiger partial charge is 0.487 e. The fraction of sp³-hybridized carbons (Fsp3) is 0.316. The number of ether oxygens (including phenoxy) is 1. The summed E-state index contributed by atoms with van der Waals surface area (Å²) in [7, 11) is 0. The number of benzene rings is 2. The minimum atomic E-state index is 0.188. The van der Waals surface area contributed by atoms with Crippen LogP contribution in [-0.4, -0.2) is 29.1 Å². The Kier molecular flexibility index (Phi) is 4.12. The van der Waals surface area contributed by atoms with Crippen molar-refractivity contribution in [2.45, 2.75) is 26.0 Å². The Bertz CT molecular complexity index is 846. The van der Waals surface area contributed by atoms with E-state index >= 15 is 0 Å². The van der Waals surface area contributed by atoms with Crippen molar-refractivity contribution >= 4 is 27.2 Å². The first-order valence-electron chi connectivity index (χ1n) is 8.27. The molecule has 1 aromatic heterocycles. The van der Waals surface area contributed by atoms with Gasteiger partial charge in [0.2, 0.25) is 0 Å². The predicted octanol–water partition coefficient (Wildman–Crippen LogP) is 3.84. The second kappa shape index (κ2) is 6.42. The second-order valence-electron chi connectivity index (χ2n) is 6.34. The molecule has 0 spiro atoms. The van der Waals surface area contributed by atoms with Crippen LogP contribution in [-0.2, 0) is 6.54 Å². The summed E-state index contributed by atoms with van der Waals surface area (Å²) in [6, 6.07) is 14.5. The van der Waals surface area contributed by atoms with Crippen LogP contribution < -0.4 is 10.5 Å².